The van der Waals surface area contributed by atoms with Gasteiger partial charge >= 0.3 is 11.8 Å². The number of aromatic nitrogens is 2. The molecular weight excluding hydrogens is 238 g/mol. The first-order valence-electron chi connectivity index (χ1n) is 5.62. The topological polar surface area (TPSA) is 102 Å². The van der Waals surface area contributed by atoms with E-state index in [0.29, 0.717) is 18.9 Å². The van der Waals surface area contributed by atoms with Gasteiger partial charge in [-0.15, -0.1) is 0 Å². The first-order chi connectivity index (χ1) is 8.41. The zero-order valence-electron chi connectivity index (χ0n) is 10.6. The molecule has 0 aliphatic carbocycles. The summed E-state index contributed by atoms with van der Waals surface area (Å²) in [6, 6.07) is -0.236. The Labute approximate surface area is 105 Å². The molecule has 0 saturated carbocycles. The lowest BCUT2D eigenvalue weighted by Gasteiger charge is -2.09. The van der Waals surface area contributed by atoms with E-state index in [4.69, 9.17) is 0 Å². The number of rotatable bonds is 5. The second-order valence-electron chi connectivity index (χ2n) is 4.13. The molecule has 0 unspecified atom stereocenters. The van der Waals surface area contributed by atoms with Crippen LogP contribution in [0.15, 0.2) is 6.20 Å². The highest BCUT2D eigenvalue weighted by Crippen LogP contribution is 2.12. The normalized spacial score (nSPS) is 10.4. The van der Waals surface area contributed by atoms with E-state index in [9.17, 15) is 14.9 Å². The number of imidazole rings is 1. The lowest BCUT2D eigenvalue weighted by atomic mass is 10.4. The number of amides is 2. The van der Waals surface area contributed by atoms with Crippen molar-refractivity contribution in [2.24, 2.45) is 0 Å². The fourth-order valence-corrected chi connectivity index (χ4v) is 1.47. The zero-order chi connectivity index (χ0) is 13.7. The number of nitrogens with one attached hydrogen (secondary N) is 2. The summed E-state index contributed by atoms with van der Waals surface area (Å²) in [5, 5.41) is 16.0. The number of nitrogens with zero attached hydrogens (tertiary/aromatic N) is 3. The van der Waals surface area contributed by atoms with E-state index >= 15 is 0 Å². The Hall–Kier alpha value is -2.12. The second kappa shape index (κ2) is 5.99. The van der Waals surface area contributed by atoms with Crippen molar-refractivity contribution in [3.8, 4) is 0 Å². The molecule has 100 valence electrons. The Kier molecular flexibility index (Phi) is 4.64. The molecule has 1 aromatic rings. The van der Waals surface area contributed by atoms with Crippen LogP contribution in [-0.4, -0.2) is 33.1 Å². The van der Waals surface area contributed by atoms with Gasteiger partial charge in [-0.25, -0.2) is 14.3 Å². The Bertz CT molecular complexity index is 441. The van der Waals surface area contributed by atoms with Crippen molar-refractivity contribution in [2.45, 2.75) is 33.4 Å². The predicted octanol–water partition coefficient (Wildman–Crippen LogP) is 0.807. The van der Waals surface area contributed by atoms with Crippen molar-refractivity contribution < 1.29 is 9.72 Å². The molecule has 8 heteroatoms. The van der Waals surface area contributed by atoms with Gasteiger partial charge < -0.3 is 20.7 Å². The minimum atomic E-state index is -0.492. The number of nitro groups is 1. The molecule has 18 heavy (non-hydrogen) atoms. The summed E-state index contributed by atoms with van der Waals surface area (Å²) in [4.78, 5) is 25.4. The Balaban J connectivity index is 2.51. The molecule has 0 radical (unpaired) electrons. The molecule has 8 nitrogen and oxygen atoms in total. The van der Waals surface area contributed by atoms with E-state index in [1.807, 2.05) is 13.8 Å². The van der Waals surface area contributed by atoms with E-state index in [-0.39, 0.29) is 17.9 Å². The van der Waals surface area contributed by atoms with Crippen LogP contribution in [-0.2, 0) is 6.54 Å². The third kappa shape index (κ3) is 3.72. The molecule has 0 saturated heterocycles. The molecule has 0 fully saturated rings. The highest BCUT2D eigenvalue weighted by molar-refractivity contribution is 5.73. The summed E-state index contributed by atoms with van der Waals surface area (Å²) < 4.78 is 1.45. The molecule has 0 aliphatic rings. The molecule has 2 N–H and O–H groups in total. The van der Waals surface area contributed by atoms with Crippen LogP contribution in [0, 0.1) is 17.0 Å². The number of hydrogen-bond donors (Lipinski definition) is 2. The van der Waals surface area contributed by atoms with E-state index in [1.165, 1.54) is 10.8 Å². The second-order valence-corrected chi connectivity index (χ2v) is 4.13. The molecule has 0 aliphatic heterocycles. The van der Waals surface area contributed by atoms with Crippen molar-refractivity contribution >= 4 is 11.8 Å². The minimum absolute atomic E-state index is 0.0503. The van der Waals surface area contributed by atoms with Crippen molar-refractivity contribution in [1.82, 2.24) is 20.2 Å². The summed E-state index contributed by atoms with van der Waals surface area (Å²) in [7, 11) is 0. The van der Waals surface area contributed by atoms with Gasteiger partial charge in [0.2, 0.25) is 0 Å². The Morgan fingerprint density at radius 2 is 2.28 bits per heavy atom. The van der Waals surface area contributed by atoms with Gasteiger partial charge in [0.05, 0.1) is 6.54 Å². The van der Waals surface area contributed by atoms with Crippen LogP contribution in [0.25, 0.3) is 0 Å². The Morgan fingerprint density at radius 1 is 1.61 bits per heavy atom. The van der Waals surface area contributed by atoms with Crippen molar-refractivity contribution in [1.29, 1.82) is 0 Å². The molecule has 2 amide bonds. The van der Waals surface area contributed by atoms with Gasteiger partial charge in [-0.1, -0.05) is 0 Å². The SMILES string of the molecule is Cc1ncc([N+](=O)[O-])n1CCNC(=O)NC(C)C. The van der Waals surface area contributed by atoms with Gasteiger partial charge in [0.25, 0.3) is 0 Å². The van der Waals surface area contributed by atoms with Gasteiger partial charge in [0.15, 0.2) is 5.82 Å². The van der Waals surface area contributed by atoms with Crippen molar-refractivity contribution in [2.75, 3.05) is 6.54 Å². The molecule has 1 aromatic heterocycles. The largest absolute Gasteiger partial charge is 0.358 e. The average Bonchev–Trinajstić information content (AvgIpc) is 2.59. The number of hydrogen-bond acceptors (Lipinski definition) is 4. The molecule has 1 heterocycles. The number of carbonyl (C=O) groups excluding carboxylic acids is 1. The maximum atomic E-state index is 11.3. The lowest BCUT2D eigenvalue weighted by molar-refractivity contribution is -0.392. The first-order valence-corrected chi connectivity index (χ1v) is 5.62. The van der Waals surface area contributed by atoms with Gasteiger partial charge in [-0.05, 0) is 18.8 Å². The highest BCUT2D eigenvalue weighted by Gasteiger charge is 2.16. The number of urea groups is 1. The minimum Gasteiger partial charge on any atom is -0.358 e. The standard InChI is InChI=1S/C10H17N5O3/c1-7(2)13-10(16)11-4-5-14-8(3)12-6-9(14)15(17)18/h6-7H,4-5H2,1-3H3,(H2,11,13,16). The van der Waals surface area contributed by atoms with Crippen molar-refractivity contribution in [3.05, 3.63) is 22.1 Å². The summed E-state index contributed by atoms with van der Waals surface area (Å²) in [6.07, 6.45) is 1.21. The highest BCUT2D eigenvalue weighted by atomic mass is 16.6. The van der Waals surface area contributed by atoms with Crippen molar-refractivity contribution in [3.63, 3.8) is 0 Å². The number of aryl methyl sites for hydroxylation is 1. The summed E-state index contributed by atoms with van der Waals surface area (Å²) in [5.74, 6) is 0.478. The first kappa shape index (κ1) is 13.9. The van der Waals surface area contributed by atoms with Crippen LogP contribution in [0.2, 0.25) is 0 Å². The Morgan fingerprint density at radius 3 is 2.83 bits per heavy atom. The fraction of sp³-hybridized carbons (Fsp3) is 0.600. The third-order valence-corrected chi connectivity index (χ3v) is 2.26. The van der Waals surface area contributed by atoms with E-state index in [2.05, 4.69) is 15.6 Å². The maximum Gasteiger partial charge on any atom is 0.342 e. The average molecular weight is 255 g/mol. The van der Waals surface area contributed by atoms with Crippen LogP contribution in [0.5, 0.6) is 0 Å². The molecular formula is C10H17N5O3. The van der Waals surface area contributed by atoms with Crippen LogP contribution < -0.4 is 10.6 Å². The molecule has 0 aromatic carbocycles. The molecule has 0 spiro atoms. The quantitative estimate of drug-likeness (QED) is 0.600. The predicted molar refractivity (Wildman–Crippen MR) is 65.3 cm³/mol. The molecule has 0 bridgehead atoms. The van der Waals surface area contributed by atoms with Gasteiger partial charge in [-0.3, -0.25) is 0 Å². The van der Waals surface area contributed by atoms with Gasteiger partial charge in [-0.2, -0.15) is 0 Å². The fourth-order valence-electron chi connectivity index (χ4n) is 1.47. The van der Waals surface area contributed by atoms with E-state index in [0.717, 1.165) is 0 Å². The maximum absolute atomic E-state index is 11.3. The summed E-state index contributed by atoms with van der Waals surface area (Å²) in [5.41, 5.74) is 0. The van der Waals surface area contributed by atoms with Gasteiger partial charge in [0, 0.05) is 13.0 Å². The monoisotopic (exact) mass is 255 g/mol. The molecule has 1 rings (SSSR count). The number of carbonyl (C=O) groups is 1. The van der Waals surface area contributed by atoms with Gasteiger partial charge in [0.1, 0.15) is 12.7 Å². The van der Waals surface area contributed by atoms with Crippen LogP contribution in [0.1, 0.15) is 19.7 Å². The smallest absolute Gasteiger partial charge is 0.342 e. The lowest BCUT2D eigenvalue weighted by Crippen LogP contribution is -2.40. The summed E-state index contributed by atoms with van der Waals surface area (Å²) >= 11 is 0. The van der Waals surface area contributed by atoms with Crippen LogP contribution in [0.4, 0.5) is 10.6 Å². The third-order valence-electron chi connectivity index (χ3n) is 2.26. The van der Waals surface area contributed by atoms with Crippen LogP contribution in [0.3, 0.4) is 0 Å². The molecule has 0 atom stereocenters. The van der Waals surface area contributed by atoms with Crippen LogP contribution >= 0.6 is 0 Å². The van der Waals surface area contributed by atoms with E-state index < -0.39 is 4.92 Å². The summed E-state index contributed by atoms with van der Waals surface area (Å²) in [6.45, 7) is 6.00. The van der Waals surface area contributed by atoms with E-state index in [1.54, 1.807) is 6.92 Å². The zero-order valence-corrected chi connectivity index (χ0v) is 10.6.